The van der Waals surface area contributed by atoms with Crippen molar-refractivity contribution in [2.45, 2.75) is 19.8 Å². The summed E-state index contributed by atoms with van der Waals surface area (Å²) in [7, 11) is 0. The summed E-state index contributed by atoms with van der Waals surface area (Å²) < 4.78 is 5.95. The van der Waals surface area contributed by atoms with Gasteiger partial charge >= 0.3 is 0 Å². The molecule has 2 aromatic rings. The lowest BCUT2D eigenvalue weighted by atomic mass is 9.84. The van der Waals surface area contributed by atoms with Gasteiger partial charge in [0.05, 0.1) is 11.6 Å². The van der Waals surface area contributed by atoms with Crippen molar-refractivity contribution in [2.24, 2.45) is 10.9 Å². The van der Waals surface area contributed by atoms with Crippen LogP contribution in [0.15, 0.2) is 82.5 Å². The van der Waals surface area contributed by atoms with Gasteiger partial charge in [0.1, 0.15) is 0 Å². The van der Waals surface area contributed by atoms with E-state index in [0.29, 0.717) is 39.6 Å². The molecule has 31 heavy (non-hydrogen) atoms. The van der Waals surface area contributed by atoms with Crippen LogP contribution in [0.25, 0.3) is 6.08 Å². The number of ether oxygens (including phenoxy) is 1. The summed E-state index contributed by atoms with van der Waals surface area (Å²) in [5.74, 6) is 0.639. The van der Waals surface area contributed by atoms with Gasteiger partial charge in [-0.25, -0.2) is 4.99 Å². The van der Waals surface area contributed by atoms with Crippen LogP contribution in [0.5, 0.6) is 0 Å². The first-order valence-corrected chi connectivity index (χ1v) is 11.2. The molecule has 158 valence electrons. The average molecular weight is 471 g/mol. The number of halogens is 3. The van der Waals surface area contributed by atoms with Gasteiger partial charge in [-0.15, -0.1) is 0 Å². The van der Waals surface area contributed by atoms with E-state index < -0.39 is 0 Å². The number of rotatable bonds is 4. The molecule has 1 atom stereocenters. The first-order valence-electron chi connectivity index (χ1n) is 10.1. The third-order valence-corrected chi connectivity index (χ3v) is 6.53. The van der Waals surface area contributed by atoms with E-state index in [1.807, 2.05) is 19.1 Å². The van der Waals surface area contributed by atoms with Crippen LogP contribution in [-0.2, 0) is 17.6 Å². The van der Waals surface area contributed by atoms with E-state index >= 15 is 0 Å². The van der Waals surface area contributed by atoms with Gasteiger partial charge in [-0.1, -0.05) is 77.8 Å². The molecule has 1 unspecified atom stereocenters. The van der Waals surface area contributed by atoms with Crippen molar-refractivity contribution in [3.8, 4) is 0 Å². The molecule has 1 aliphatic carbocycles. The quantitative estimate of drug-likeness (QED) is 0.448. The lowest BCUT2D eigenvalue weighted by molar-refractivity contribution is 0.310. The van der Waals surface area contributed by atoms with E-state index in [2.05, 4.69) is 48.0 Å². The molecule has 0 amide bonds. The van der Waals surface area contributed by atoms with E-state index in [1.54, 1.807) is 12.3 Å². The van der Waals surface area contributed by atoms with Gasteiger partial charge in [-0.2, -0.15) is 0 Å². The molecule has 0 saturated carbocycles. The molecule has 0 aromatic heterocycles. The van der Waals surface area contributed by atoms with Gasteiger partial charge in [0.15, 0.2) is 0 Å². The molecule has 1 heterocycles. The second-order valence-electron chi connectivity index (χ2n) is 7.67. The molecular weight excluding hydrogens is 449 g/mol. The maximum Gasteiger partial charge on any atom is 0.220 e. The maximum atomic E-state index is 6.59. The molecule has 0 bridgehead atoms. The summed E-state index contributed by atoms with van der Waals surface area (Å²) in [6.07, 6.45) is 9.52. The third kappa shape index (κ3) is 4.98. The van der Waals surface area contributed by atoms with Crippen molar-refractivity contribution < 1.29 is 4.74 Å². The lowest BCUT2D eigenvalue weighted by Gasteiger charge is -2.21. The monoisotopic (exact) mass is 469 g/mol. The molecule has 5 heteroatoms. The molecule has 4 rings (SSSR count). The highest BCUT2D eigenvalue weighted by atomic mass is 35.5. The molecule has 2 aromatic carbocycles. The first-order chi connectivity index (χ1) is 14.9. The van der Waals surface area contributed by atoms with Crippen molar-refractivity contribution >= 4 is 46.8 Å². The van der Waals surface area contributed by atoms with Crippen LogP contribution in [0.1, 0.15) is 22.3 Å². The molecule has 2 aliphatic rings. The fourth-order valence-corrected chi connectivity index (χ4v) is 4.62. The molecule has 0 fully saturated rings. The topological polar surface area (TPSA) is 21.6 Å². The van der Waals surface area contributed by atoms with Crippen LogP contribution in [0, 0.1) is 12.8 Å². The number of aliphatic imine (C=N–C) groups is 1. The van der Waals surface area contributed by atoms with E-state index in [0.717, 1.165) is 23.1 Å². The van der Waals surface area contributed by atoms with Crippen LogP contribution in [-0.4, -0.2) is 12.5 Å². The van der Waals surface area contributed by atoms with Crippen molar-refractivity contribution in [1.29, 1.82) is 0 Å². The van der Waals surface area contributed by atoms with Gasteiger partial charge in [0, 0.05) is 34.2 Å². The normalized spacial score (nSPS) is 18.0. The Morgan fingerprint density at radius 2 is 1.97 bits per heavy atom. The zero-order chi connectivity index (χ0) is 22.0. The standard InChI is InChI=1S/C26H22Cl3NO/c1-16-11-23(21-8-7-18-5-3-4-6-20(18)12-21)25(29)15-30-26(16)31-10-9-19-13-22(27)14-24(28)17(19)2/h3-8,11,13-15,21H,1,9-10,12H2,2H3. The summed E-state index contributed by atoms with van der Waals surface area (Å²) in [6, 6.07) is 12.1. The second kappa shape index (κ2) is 9.48. The summed E-state index contributed by atoms with van der Waals surface area (Å²) in [5.41, 5.74) is 6.32. The van der Waals surface area contributed by atoms with E-state index in [1.165, 1.54) is 11.1 Å². The Hall–Kier alpha value is -2.26. The van der Waals surface area contributed by atoms with Crippen molar-refractivity contribution in [3.63, 3.8) is 0 Å². The average Bonchev–Trinajstić information content (AvgIpc) is 2.90. The number of nitrogens with zero attached hydrogens (tertiary/aromatic N) is 1. The maximum absolute atomic E-state index is 6.59. The third-order valence-electron chi connectivity index (χ3n) is 5.60. The number of hydrogen-bond donors (Lipinski definition) is 0. The minimum Gasteiger partial charge on any atom is -0.477 e. The van der Waals surface area contributed by atoms with Crippen LogP contribution in [0.4, 0.5) is 0 Å². The number of allylic oxidation sites excluding steroid dienone is 3. The first kappa shape index (κ1) is 22.0. The van der Waals surface area contributed by atoms with Gasteiger partial charge in [-0.3, -0.25) is 0 Å². The Morgan fingerprint density at radius 1 is 1.16 bits per heavy atom. The van der Waals surface area contributed by atoms with Gasteiger partial charge < -0.3 is 4.74 Å². The highest BCUT2D eigenvalue weighted by molar-refractivity contribution is 6.35. The lowest BCUT2D eigenvalue weighted by Crippen LogP contribution is -2.12. The number of hydrogen-bond acceptors (Lipinski definition) is 2. The van der Waals surface area contributed by atoms with Crippen LogP contribution >= 0.6 is 34.8 Å². The van der Waals surface area contributed by atoms with E-state index in [4.69, 9.17) is 39.5 Å². The SMILES string of the molecule is C=C1C=C(C2C=Cc3ccccc3C2)C(Cl)=CN=C1OCCc1cc(Cl)cc(Cl)c1C. The predicted octanol–water partition coefficient (Wildman–Crippen LogP) is 7.72. The molecule has 0 radical (unpaired) electrons. The van der Waals surface area contributed by atoms with E-state index in [-0.39, 0.29) is 5.92 Å². The fourth-order valence-electron chi connectivity index (χ4n) is 3.84. The van der Waals surface area contributed by atoms with Crippen LogP contribution in [0.2, 0.25) is 10.0 Å². The van der Waals surface area contributed by atoms with Crippen molar-refractivity contribution in [1.82, 2.24) is 0 Å². The fraction of sp³-hybridized carbons (Fsp3) is 0.192. The zero-order valence-electron chi connectivity index (χ0n) is 17.2. The zero-order valence-corrected chi connectivity index (χ0v) is 19.4. The van der Waals surface area contributed by atoms with Gasteiger partial charge in [0.25, 0.3) is 0 Å². The summed E-state index contributed by atoms with van der Waals surface area (Å²) in [6.45, 7) is 6.57. The molecule has 2 nitrogen and oxygen atoms in total. The molecule has 0 saturated heterocycles. The minimum absolute atomic E-state index is 0.168. The Bertz CT molecular complexity index is 1160. The Labute approximate surface area is 198 Å². The Morgan fingerprint density at radius 3 is 2.81 bits per heavy atom. The van der Waals surface area contributed by atoms with Crippen molar-refractivity contribution in [2.75, 3.05) is 6.61 Å². The van der Waals surface area contributed by atoms with Crippen LogP contribution in [0.3, 0.4) is 0 Å². The molecule has 0 spiro atoms. The largest absolute Gasteiger partial charge is 0.477 e. The number of benzene rings is 2. The molecule has 0 N–H and O–H groups in total. The van der Waals surface area contributed by atoms with Gasteiger partial charge in [-0.05, 0) is 59.4 Å². The highest BCUT2D eigenvalue weighted by Gasteiger charge is 2.22. The predicted molar refractivity (Wildman–Crippen MR) is 132 cm³/mol. The minimum atomic E-state index is 0.168. The summed E-state index contributed by atoms with van der Waals surface area (Å²) >= 11 is 19.0. The summed E-state index contributed by atoms with van der Waals surface area (Å²) in [4.78, 5) is 4.44. The molecule has 1 aliphatic heterocycles. The molecular formula is C26H22Cl3NO. The van der Waals surface area contributed by atoms with Gasteiger partial charge in [0.2, 0.25) is 5.90 Å². The second-order valence-corrected chi connectivity index (χ2v) is 8.93. The smallest absolute Gasteiger partial charge is 0.220 e. The van der Waals surface area contributed by atoms with Crippen LogP contribution < -0.4 is 0 Å². The Kier molecular flexibility index (Phi) is 6.71. The summed E-state index contributed by atoms with van der Waals surface area (Å²) in [5, 5.41) is 1.88. The Balaban J connectivity index is 1.46. The number of fused-ring (bicyclic) bond motifs is 1. The van der Waals surface area contributed by atoms with Crippen molar-refractivity contribution in [3.05, 3.63) is 110 Å². The highest BCUT2D eigenvalue weighted by Crippen LogP contribution is 2.34. The van der Waals surface area contributed by atoms with E-state index in [9.17, 15) is 0 Å².